The van der Waals surface area contributed by atoms with Crippen LogP contribution in [0.25, 0.3) is 0 Å². The minimum Gasteiger partial charge on any atom is -0.229 e. The molecule has 2 rings (SSSR count). The Morgan fingerprint density at radius 1 is 1.13 bits per heavy atom. The number of benzene rings is 1. The van der Waals surface area contributed by atoms with Crippen LogP contribution in [0.1, 0.15) is 31.2 Å². The van der Waals surface area contributed by atoms with Crippen molar-refractivity contribution in [3.8, 4) is 0 Å². The number of aryl methyl sites for hydroxylation is 1. The molecular formula is C16H25NO4S2. The molecular weight excluding hydrogens is 334 g/mol. The fraction of sp³-hybridized carbons (Fsp3) is 0.625. The standard InChI is InChI=1S/C16H25NO4S2/c18-22(19)13-10-16(14-22)8-4-11-17-23(20,21)12-5-9-15-6-2-1-3-7-15/h1-3,6-7,16-17H,4-5,8-14H2. The van der Waals surface area contributed by atoms with Gasteiger partial charge in [0.25, 0.3) is 0 Å². The Morgan fingerprint density at radius 2 is 1.87 bits per heavy atom. The van der Waals surface area contributed by atoms with Crippen molar-refractivity contribution in [1.82, 2.24) is 4.72 Å². The lowest BCUT2D eigenvalue weighted by Crippen LogP contribution is -2.28. The minimum atomic E-state index is -3.24. The van der Waals surface area contributed by atoms with Gasteiger partial charge in [-0.15, -0.1) is 0 Å². The molecule has 0 spiro atoms. The zero-order chi connectivity index (χ0) is 16.8. The van der Waals surface area contributed by atoms with Gasteiger partial charge in [0.15, 0.2) is 9.84 Å². The number of nitrogens with one attached hydrogen (secondary N) is 1. The Bertz CT molecular complexity index is 684. The lowest BCUT2D eigenvalue weighted by molar-refractivity contribution is 0.512. The highest BCUT2D eigenvalue weighted by atomic mass is 32.2. The van der Waals surface area contributed by atoms with Gasteiger partial charge >= 0.3 is 0 Å². The van der Waals surface area contributed by atoms with Crippen molar-refractivity contribution in [3.05, 3.63) is 35.9 Å². The third kappa shape index (κ3) is 7.01. The van der Waals surface area contributed by atoms with Crippen molar-refractivity contribution >= 4 is 19.9 Å². The van der Waals surface area contributed by atoms with E-state index in [1.807, 2.05) is 30.3 Å². The quantitative estimate of drug-likeness (QED) is 0.681. The molecule has 1 fully saturated rings. The van der Waals surface area contributed by atoms with E-state index in [0.717, 1.165) is 18.4 Å². The Labute approximate surface area is 139 Å². The first-order valence-corrected chi connectivity index (χ1v) is 11.6. The molecule has 1 heterocycles. The molecule has 0 aromatic heterocycles. The van der Waals surface area contributed by atoms with Gasteiger partial charge < -0.3 is 0 Å². The van der Waals surface area contributed by atoms with E-state index in [1.54, 1.807) is 0 Å². The second-order valence-electron chi connectivity index (χ2n) is 6.21. The average molecular weight is 360 g/mol. The maximum Gasteiger partial charge on any atom is 0.211 e. The SMILES string of the molecule is O=S1(=O)CCC(CCCNS(=O)(=O)CCCc2ccccc2)C1. The molecule has 1 N–H and O–H groups in total. The van der Waals surface area contributed by atoms with Crippen LogP contribution in [-0.4, -0.2) is 40.6 Å². The third-order valence-corrected chi connectivity index (χ3v) is 7.47. The molecule has 1 saturated heterocycles. The highest BCUT2D eigenvalue weighted by Crippen LogP contribution is 2.22. The van der Waals surface area contributed by atoms with Gasteiger partial charge in [0.1, 0.15) is 0 Å². The predicted molar refractivity (Wildman–Crippen MR) is 92.5 cm³/mol. The number of rotatable bonds is 9. The highest BCUT2D eigenvalue weighted by molar-refractivity contribution is 7.91. The van der Waals surface area contributed by atoms with Gasteiger partial charge in [0, 0.05) is 6.54 Å². The second kappa shape index (κ2) is 8.26. The van der Waals surface area contributed by atoms with E-state index in [0.29, 0.717) is 25.8 Å². The fourth-order valence-corrected chi connectivity index (χ4v) is 5.94. The number of hydrogen-bond donors (Lipinski definition) is 1. The summed E-state index contributed by atoms with van der Waals surface area (Å²) in [5.74, 6) is 0.863. The van der Waals surface area contributed by atoms with Crippen LogP contribution < -0.4 is 4.72 Å². The second-order valence-corrected chi connectivity index (χ2v) is 10.4. The van der Waals surface area contributed by atoms with Crippen LogP contribution in [0.5, 0.6) is 0 Å². The molecule has 1 aliphatic rings. The van der Waals surface area contributed by atoms with E-state index in [2.05, 4.69) is 4.72 Å². The van der Waals surface area contributed by atoms with Crippen molar-refractivity contribution in [3.63, 3.8) is 0 Å². The lowest BCUT2D eigenvalue weighted by Gasteiger charge is -2.09. The lowest BCUT2D eigenvalue weighted by atomic mass is 10.0. The Hall–Kier alpha value is -0.920. The van der Waals surface area contributed by atoms with Gasteiger partial charge in [-0.25, -0.2) is 21.6 Å². The average Bonchev–Trinajstić information content (AvgIpc) is 2.84. The summed E-state index contributed by atoms with van der Waals surface area (Å²) in [6.45, 7) is 0.393. The third-order valence-electron chi connectivity index (χ3n) is 4.16. The summed E-state index contributed by atoms with van der Waals surface area (Å²) in [4.78, 5) is 0. The van der Waals surface area contributed by atoms with Crippen molar-refractivity contribution in [2.75, 3.05) is 23.8 Å². The van der Waals surface area contributed by atoms with E-state index in [-0.39, 0.29) is 23.2 Å². The van der Waals surface area contributed by atoms with Crippen molar-refractivity contribution < 1.29 is 16.8 Å². The summed E-state index contributed by atoms with van der Waals surface area (Å²) >= 11 is 0. The van der Waals surface area contributed by atoms with E-state index >= 15 is 0 Å². The van der Waals surface area contributed by atoms with E-state index in [4.69, 9.17) is 0 Å². The summed E-state index contributed by atoms with van der Waals surface area (Å²) in [6, 6.07) is 9.83. The monoisotopic (exact) mass is 359 g/mol. The van der Waals surface area contributed by atoms with Crippen molar-refractivity contribution in [2.24, 2.45) is 5.92 Å². The van der Waals surface area contributed by atoms with Crippen molar-refractivity contribution in [2.45, 2.75) is 32.1 Å². The summed E-state index contributed by atoms with van der Waals surface area (Å²) in [5.41, 5.74) is 1.14. The largest absolute Gasteiger partial charge is 0.229 e. The smallest absolute Gasteiger partial charge is 0.211 e. The molecule has 1 atom stereocenters. The van der Waals surface area contributed by atoms with Crippen molar-refractivity contribution in [1.29, 1.82) is 0 Å². The number of sulfonamides is 1. The van der Waals surface area contributed by atoms with Gasteiger partial charge in [0.05, 0.1) is 17.3 Å². The van der Waals surface area contributed by atoms with Gasteiger partial charge in [-0.3, -0.25) is 0 Å². The molecule has 1 aromatic carbocycles. The molecule has 1 aromatic rings. The molecule has 0 radical (unpaired) electrons. The molecule has 0 aliphatic carbocycles. The molecule has 1 aliphatic heterocycles. The van der Waals surface area contributed by atoms with Crippen LogP contribution in [0.2, 0.25) is 0 Å². The molecule has 7 heteroatoms. The van der Waals surface area contributed by atoms with Gasteiger partial charge in [0.2, 0.25) is 10.0 Å². The van der Waals surface area contributed by atoms with Crippen LogP contribution in [0, 0.1) is 5.92 Å². The van der Waals surface area contributed by atoms with Gasteiger partial charge in [-0.2, -0.15) is 0 Å². The molecule has 0 amide bonds. The van der Waals surface area contributed by atoms with Crippen LogP contribution >= 0.6 is 0 Å². The fourth-order valence-electron chi connectivity index (χ4n) is 2.90. The molecule has 23 heavy (non-hydrogen) atoms. The van der Waals surface area contributed by atoms with E-state index < -0.39 is 19.9 Å². The van der Waals surface area contributed by atoms with Crippen LogP contribution in [0.15, 0.2) is 30.3 Å². The zero-order valence-electron chi connectivity index (χ0n) is 13.3. The molecule has 1 unspecified atom stereocenters. The topological polar surface area (TPSA) is 80.3 Å². The van der Waals surface area contributed by atoms with E-state index in [1.165, 1.54) is 0 Å². The first-order chi connectivity index (χ1) is 10.9. The predicted octanol–water partition coefficient (Wildman–Crippen LogP) is 1.75. The first-order valence-electron chi connectivity index (χ1n) is 8.08. The van der Waals surface area contributed by atoms with Gasteiger partial charge in [-0.1, -0.05) is 30.3 Å². The maximum absolute atomic E-state index is 11.9. The molecule has 130 valence electrons. The zero-order valence-corrected chi connectivity index (χ0v) is 14.9. The summed E-state index contributed by atoms with van der Waals surface area (Å²) < 4.78 is 49.2. The Morgan fingerprint density at radius 3 is 2.52 bits per heavy atom. The van der Waals surface area contributed by atoms with Crippen LogP contribution in [-0.2, 0) is 26.3 Å². The van der Waals surface area contributed by atoms with Crippen LogP contribution in [0.4, 0.5) is 0 Å². The van der Waals surface area contributed by atoms with Gasteiger partial charge in [-0.05, 0) is 43.6 Å². The highest BCUT2D eigenvalue weighted by Gasteiger charge is 2.27. The Balaban J connectivity index is 1.60. The Kier molecular flexibility index (Phi) is 6.61. The molecule has 0 saturated carbocycles. The summed E-state index contributed by atoms with van der Waals surface area (Å²) in [6.07, 6.45) is 3.53. The van der Waals surface area contributed by atoms with Crippen LogP contribution in [0.3, 0.4) is 0 Å². The molecule has 5 nitrogen and oxygen atoms in total. The number of sulfone groups is 1. The normalized spacial score (nSPS) is 20.6. The summed E-state index contributed by atoms with van der Waals surface area (Å²) in [5, 5.41) is 0. The maximum atomic E-state index is 11.9. The summed E-state index contributed by atoms with van der Waals surface area (Å²) in [7, 11) is -6.08. The first kappa shape index (κ1) is 18.4. The molecule has 0 bridgehead atoms. The van der Waals surface area contributed by atoms with E-state index in [9.17, 15) is 16.8 Å². The minimum absolute atomic E-state index is 0.125. The number of hydrogen-bond acceptors (Lipinski definition) is 4.